The van der Waals surface area contributed by atoms with Gasteiger partial charge in [0.1, 0.15) is 10.9 Å². The fraction of sp³-hybridized carbons (Fsp3) is 0.267. The van der Waals surface area contributed by atoms with E-state index in [0.717, 1.165) is 29.7 Å². The van der Waals surface area contributed by atoms with Gasteiger partial charge in [-0.15, -0.1) is 0 Å². The van der Waals surface area contributed by atoms with Gasteiger partial charge in [-0.3, -0.25) is 5.84 Å². The highest BCUT2D eigenvalue weighted by molar-refractivity contribution is 6.29. The second-order valence-electron chi connectivity index (χ2n) is 4.90. The predicted molar refractivity (Wildman–Crippen MR) is 78.5 cm³/mol. The summed E-state index contributed by atoms with van der Waals surface area (Å²) in [5, 5.41) is 0.452. The van der Waals surface area contributed by atoms with Crippen LogP contribution in [0.2, 0.25) is 5.15 Å². The van der Waals surface area contributed by atoms with Crippen LogP contribution in [0.25, 0.3) is 0 Å². The van der Waals surface area contributed by atoms with E-state index in [-0.39, 0.29) is 6.04 Å². The molecule has 0 saturated heterocycles. The molecule has 5 heteroatoms. The van der Waals surface area contributed by atoms with Crippen molar-refractivity contribution < 1.29 is 4.74 Å². The van der Waals surface area contributed by atoms with Crippen molar-refractivity contribution >= 4 is 11.6 Å². The molecule has 0 radical (unpaired) electrons. The first-order valence-electron chi connectivity index (χ1n) is 6.60. The summed E-state index contributed by atoms with van der Waals surface area (Å²) in [6.07, 6.45) is 4.34. The molecular weight excluding hydrogens is 274 g/mol. The van der Waals surface area contributed by atoms with Crippen LogP contribution in [0.1, 0.15) is 30.0 Å². The number of aromatic nitrogens is 1. The zero-order valence-electron chi connectivity index (χ0n) is 10.9. The average Bonchev–Trinajstić information content (AvgIpc) is 3.24. The number of nitrogens with one attached hydrogen (secondary N) is 1. The van der Waals surface area contributed by atoms with E-state index >= 15 is 0 Å². The van der Waals surface area contributed by atoms with Crippen molar-refractivity contribution in [1.29, 1.82) is 0 Å². The van der Waals surface area contributed by atoms with Crippen molar-refractivity contribution in [2.24, 2.45) is 5.84 Å². The van der Waals surface area contributed by atoms with Gasteiger partial charge in [0.25, 0.3) is 0 Å². The lowest BCUT2D eigenvalue weighted by Gasteiger charge is -2.18. The van der Waals surface area contributed by atoms with Crippen LogP contribution in [0, 0.1) is 0 Å². The van der Waals surface area contributed by atoms with Gasteiger partial charge in [0.15, 0.2) is 0 Å². The summed E-state index contributed by atoms with van der Waals surface area (Å²) in [6.45, 7) is 0. The summed E-state index contributed by atoms with van der Waals surface area (Å²) in [7, 11) is 0. The number of hydrazine groups is 1. The van der Waals surface area contributed by atoms with Gasteiger partial charge in [-0.1, -0.05) is 23.7 Å². The second-order valence-corrected chi connectivity index (χ2v) is 5.29. The summed E-state index contributed by atoms with van der Waals surface area (Å²) in [6, 6.07) is 11.5. The van der Waals surface area contributed by atoms with Gasteiger partial charge in [-0.25, -0.2) is 10.4 Å². The number of rotatable bonds is 5. The molecule has 20 heavy (non-hydrogen) atoms. The van der Waals surface area contributed by atoms with Crippen LogP contribution in [-0.4, -0.2) is 11.1 Å². The summed E-state index contributed by atoms with van der Waals surface area (Å²) in [4.78, 5) is 3.99. The molecule has 1 aromatic carbocycles. The lowest BCUT2D eigenvalue weighted by atomic mass is 10.0. The first-order chi connectivity index (χ1) is 9.76. The minimum atomic E-state index is -0.141. The van der Waals surface area contributed by atoms with Crippen molar-refractivity contribution in [3.05, 3.63) is 58.9 Å². The molecule has 0 bridgehead atoms. The van der Waals surface area contributed by atoms with Crippen molar-refractivity contribution in [2.45, 2.75) is 25.0 Å². The number of nitrogens with two attached hydrogens (primary N) is 1. The fourth-order valence-electron chi connectivity index (χ4n) is 2.13. The van der Waals surface area contributed by atoms with E-state index < -0.39 is 0 Å². The largest absolute Gasteiger partial charge is 0.490 e. The second kappa shape index (κ2) is 5.79. The number of hydrogen-bond acceptors (Lipinski definition) is 4. The Balaban J connectivity index is 1.88. The Morgan fingerprint density at radius 3 is 2.75 bits per heavy atom. The number of ether oxygens (including phenoxy) is 1. The Morgan fingerprint density at radius 2 is 2.05 bits per heavy atom. The Morgan fingerprint density at radius 1 is 1.25 bits per heavy atom. The van der Waals surface area contributed by atoms with Crippen LogP contribution in [-0.2, 0) is 0 Å². The summed E-state index contributed by atoms with van der Waals surface area (Å²) < 4.78 is 5.81. The Kier molecular flexibility index (Phi) is 3.87. The molecule has 104 valence electrons. The minimum absolute atomic E-state index is 0.141. The van der Waals surface area contributed by atoms with E-state index in [4.69, 9.17) is 22.2 Å². The standard InChI is InChI=1S/C15H16ClN3O/c16-14-9-11(6-7-18-14)15(19-17)10-2-1-3-13(8-10)20-12-4-5-12/h1-3,6-9,12,15,19H,4-5,17H2. The van der Waals surface area contributed by atoms with Gasteiger partial charge < -0.3 is 4.74 Å². The number of halogens is 1. The molecule has 1 aliphatic rings. The van der Waals surface area contributed by atoms with E-state index in [1.807, 2.05) is 30.3 Å². The lowest BCUT2D eigenvalue weighted by Crippen LogP contribution is -2.28. The van der Waals surface area contributed by atoms with Crippen LogP contribution in [0.4, 0.5) is 0 Å². The van der Waals surface area contributed by atoms with E-state index in [1.54, 1.807) is 12.3 Å². The molecule has 0 spiro atoms. The van der Waals surface area contributed by atoms with E-state index in [0.29, 0.717) is 11.3 Å². The molecule has 4 nitrogen and oxygen atoms in total. The number of pyridine rings is 1. The molecule has 3 N–H and O–H groups in total. The van der Waals surface area contributed by atoms with E-state index in [9.17, 15) is 0 Å². The summed E-state index contributed by atoms with van der Waals surface area (Å²) in [5.41, 5.74) is 4.82. The van der Waals surface area contributed by atoms with Crippen LogP contribution in [0.15, 0.2) is 42.6 Å². The zero-order chi connectivity index (χ0) is 13.9. The SMILES string of the molecule is NNC(c1cccc(OC2CC2)c1)c1ccnc(Cl)c1. The van der Waals surface area contributed by atoms with Gasteiger partial charge in [-0.05, 0) is 48.2 Å². The smallest absolute Gasteiger partial charge is 0.129 e. The fourth-order valence-corrected chi connectivity index (χ4v) is 2.31. The third-order valence-electron chi connectivity index (χ3n) is 3.27. The monoisotopic (exact) mass is 289 g/mol. The highest BCUT2D eigenvalue weighted by atomic mass is 35.5. The highest BCUT2D eigenvalue weighted by Crippen LogP contribution is 2.30. The van der Waals surface area contributed by atoms with Gasteiger partial charge in [-0.2, -0.15) is 0 Å². The molecule has 1 aromatic heterocycles. The van der Waals surface area contributed by atoms with Crippen LogP contribution >= 0.6 is 11.6 Å². The van der Waals surface area contributed by atoms with E-state index in [2.05, 4.69) is 10.4 Å². The molecule has 1 atom stereocenters. The lowest BCUT2D eigenvalue weighted by molar-refractivity contribution is 0.302. The highest BCUT2D eigenvalue weighted by Gasteiger charge is 2.24. The maximum absolute atomic E-state index is 5.94. The molecule has 1 unspecified atom stereocenters. The molecule has 3 rings (SSSR count). The Labute approximate surface area is 122 Å². The van der Waals surface area contributed by atoms with Crippen LogP contribution in [0.3, 0.4) is 0 Å². The Hall–Kier alpha value is -1.62. The quantitative estimate of drug-likeness (QED) is 0.505. The summed E-state index contributed by atoms with van der Waals surface area (Å²) >= 11 is 5.94. The topological polar surface area (TPSA) is 60.2 Å². The minimum Gasteiger partial charge on any atom is -0.490 e. The third kappa shape index (κ3) is 3.10. The number of hydrogen-bond donors (Lipinski definition) is 2. The van der Waals surface area contributed by atoms with Crippen molar-refractivity contribution in [2.75, 3.05) is 0 Å². The molecule has 1 aliphatic carbocycles. The summed E-state index contributed by atoms with van der Waals surface area (Å²) in [5.74, 6) is 6.58. The average molecular weight is 290 g/mol. The van der Waals surface area contributed by atoms with Gasteiger partial charge in [0.2, 0.25) is 0 Å². The van der Waals surface area contributed by atoms with Crippen LogP contribution in [0.5, 0.6) is 5.75 Å². The first-order valence-corrected chi connectivity index (χ1v) is 6.98. The van der Waals surface area contributed by atoms with Gasteiger partial charge in [0.05, 0.1) is 12.1 Å². The van der Waals surface area contributed by atoms with Crippen molar-refractivity contribution in [3.63, 3.8) is 0 Å². The molecule has 0 aliphatic heterocycles. The molecule has 1 heterocycles. The molecular formula is C15H16ClN3O. The van der Waals surface area contributed by atoms with Gasteiger partial charge in [0, 0.05) is 6.20 Å². The van der Waals surface area contributed by atoms with E-state index in [1.165, 1.54) is 0 Å². The van der Waals surface area contributed by atoms with Gasteiger partial charge >= 0.3 is 0 Å². The Bertz CT molecular complexity index is 601. The third-order valence-corrected chi connectivity index (χ3v) is 3.48. The predicted octanol–water partition coefficient (Wildman–Crippen LogP) is 2.83. The van der Waals surface area contributed by atoms with Crippen LogP contribution < -0.4 is 16.0 Å². The molecule has 1 fully saturated rings. The molecule has 1 saturated carbocycles. The first kappa shape index (κ1) is 13.4. The van der Waals surface area contributed by atoms with Crippen molar-refractivity contribution in [3.8, 4) is 5.75 Å². The van der Waals surface area contributed by atoms with Crippen molar-refractivity contribution in [1.82, 2.24) is 10.4 Å². The molecule has 2 aromatic rings. The molecule has 0 amide bonds. The zero-order valence-corrected chi connectivity index (χ0v) is 11.7. The maximum Gasteiger partial charge on any atom is 0.129 e. The normalized spacial score (nSPS) is 15.9. The number of nitrogens with zero attached hydrogens (tertiary/aromatic N) is 1. The maximum atomic E-state index is 5.94. The number of benzene rings is 1.